The van der Waals surface area contributed by atoms with E-state index in [1.165, 1.54) is 4.90 Å². The van der Waals surface area contributed by atoms with Gasteiger partial charge in [0.1, 0.15) is 5.82 Å². The molecule has 1 atom stereocenters. The van der Waals surface area contributed by atoms with Crippen molar-refractivity contribution < 1.29 is 14.3 Å². The van der Waals surface area contributed by atoms with Crippen LogP contribution >= 0.6 is 0 Å². The fourth-order valence-electron chi connectivity index (χ4n) is 3.04. The molecular formula is C18H25N5O3. The third-order valence-electron chi connectivity index (χ3n) is 4.68. The number of ether oxygens (including phenoxy) is 1. The number of aryl methyl sites for hydroxylation is 2. The number of hydrogen-bond donors (Lipinski definition) is 1. The summed E-state index contributed by atoms with van der Waals surface area (Å²) in [6.45, 7) is 3.47. The number of urea groups is 1. The summed E-state index contributed by atoms with van der Waals surface area (Å²) in [5.74, 6) is 0.824. The summed E-state index contributed by atoms with van der Waals surface area (Å²) in [6, 6.07) is 5.79. The average Bonchev–Trinajstić information content (AvgIpc) is 2.92. The van der Waals surface area contributed by atoms with E-state index in [4.69, 9.17) is 4.74 Å². The Hall–Kier alpha value is -2.61. The average molecular weight is 359 g/mol. The Balaban J connectivity index is 1.60. The summed E-state index contributed by atoms with van der Waals surface area (Å²) in [6.07, 6.45) is -0.600. The fourth-order valence-corrected chi connectivity index (χ4v) is 3.04. The van der Waals surface area contributed by atoms with Crippen LogP contribution in [0.2, 0.25) is 0 Å². The van der Waals surface area contributed by atoms with Crippen molar-refractivity contribution in [2.45, 2.75) is 19.6 Å². The lowest BCUT2D eigenvalue weighted by atomic mass is 10.2. The molecule has 2 aromatic rings. The number of hydrogen-bond acceptors (Lipinski definition) is 4. The van der Waals surface area contributed by atoms with E-state index in [9.17, 15) is 9.59 Å². The van der Waals surface area contributed by atoms with Gasteiger partial charge in [-0.05, 0) is 24.6 Å². The van der Waals surface area contributed by atoms with Gasteiger partial charge in [0.2, 0.25) is 0 Å². The first-order valence-electron chi connectivity index (χ1n) is 8.64. The lowest BCUT2D eigenvalue weighted by molar-refractivity contribution is -0.145. The zero-order valence-electron chi connectivity index (χ0n) is 15.7. The molecule has 1 N–H and O–H groups in total. The van der Waals surface area contributed by atoms with Gasteiger partial charge < -0.3 is 24.4 Å². The highest BCUT2D eigenvalue weighted by Gasteiger charge is 2.30. The van der Waals surface area contributed by atoms with E-state index in [2.05, 4.69) is 10.3 Å². The molecule has 1 aliphatic rings. The number of nitrogens with zero attached hydrogens (tertiary/aromatic N) is 4. The van der Waals surface area contributed by atoms with Gasteiger partial charge in [-0.15, -0.1) is 0 Å². The molecule has 0 unspecified atom stereocenters. The Bertz CT molecular complexity index is 830. The van der Waals surface area contributed by atoms with E-state index < -0.39 is 6.10 Å². The van der Waals surface area contributed by atoms with Gasteiger partial charge >= 0.3 is 6.03 Å². The van der Waals surface area contributed by atoms with Crippen LogP contribution in [0.1, 0.15) is 11.4 Å². The molecule has 140 valence electrons. The van der Waals surface area contributed by atoms with Crippen molar-refractivity contribution in [2.24, 2.45) is 7.05 Å². The number of benzene rings is 1. The van der Waals surface area contributed by atoms with Crippen LogP contribution in [0.5, 0.6) is 0 Å². The lowest BCUT2D eigenvalue weighted by Crippen LogP contribution is -2.53. The number of carbonyl (C=O) groups is 2. The van der Waals surface area contributed by atoms with E-state index in [-0.39, 0.29) is 18.5 Å². The van der Waals surface area contributed by atoms with Gasteiger partial charge in [-0.3, -0.25) is 4.79 Å². The Kier molecular flexibility index (Phi) is 5.13. The summed E-state index contributed by atoms with van der Waals surface area (Å²) in [4.78, 5) is 32.1. The smallest absolute Gasteiger partial charge is 0.317 e. The van der Waals surface area contributed by atoms with Crippen LogP contribution < -0.4 is 5.32 Å². The van der Waals surface area contributed by atoms with E-state index in [0.717, 1.165) is 22.4 Å². The third kappa shape index (κ3) is 3.65. The topological polar surface area (TPSA) is 79.7 Å². The quantitative estimate of drug-likeness (QED) is 0.882. The molecule has 1 aliphatic heterocycles. The van der Waals surface area contributed by atoms with Gasteiger partial charge in [-0.25, -0.2) is 9.78 Å². The molecule has 1 aromatic heterocycles. The van der Waals surface area contributed by atoms with Crippen molar-refractivity contribution in [3.63, 3.8) is 0 Å². The van der Waals surface area contributed by atoms with Gasteiger partial charge in [0.25, 0.3) is 5.91 Å². The first kappa shape index (κ1) is 18.2. The van der Waals surface area contributed by atoms with E-state index in [1.54, 1.807) is 19.0 Å². The number of imidazole rings is 1. The molecule has 0 radical (unpaired) electrons. The number of aromatic nitrogens is 2. The van der Waals surface area contributed by atoms with Crippen LogP contribution in [0, 0.1) is 6.92 Å². The predicted octanol–water partition coefficient (Wildman–Crippen LogP) is 0.880. The lowest BCUT2D eigenvalue weighted by Gasteiger charge is -2.33. The van der Waals surface area contributed by atoms with Crippen molar-refractivity contribution in [3.8, 4) is 0 Å². The Morgan fingerprint density at radius 1 is 1.38 bits per heavy atom. The van der Waals surface area contributed by atoms with Crippen molar-refractivity contribution in [1.29, 1.82) is 0 Å². The van der Waals surface area contributed by atoms with Crippen LogP contribution in [0.25, 0.3) is 11.0 Å². The Morgan fingerprint density at radius 3 is 2.88 bits per heavy atom. The molecular weight excluding hydrogens is 334 g/mol. The van der Waals surface area contributed by atoms with E-state index in [0.29, 0.717) is 19.7 Å². The first-order valence-corrected chi connectivity index (χ1v) is 8.64. The third-order valence-corrected chi connectivity index (χ3v) is 4.68. The molecule has 0 saturated carbocycles. The zero-order chi connectivity index (χ0) is 18.8. The molecule has 1 saturated heterocycles. The van der Waals surface area contributed by atoms with Crippen molar-refractivity contribution in [1.82, 2.24) is 24.7 Å². The van der Waals surface area contributed by atoms with Crippen LogP contribution in [0.4, 0.5) is 4.79 Å². The minimum atomic E-state index is -0.600. The molecule has 26 heavy (non-hydrogen) atoms. The second-order valence-corrected chi connectivity index (χ2v) is 6.74. The van der Waals surface area contributed by atoms with Gasteiger partial charge in [0.15, 0.2) is 6.10 Å². The summed E-state index contributed by atoms with van der Waals surface area (Å²) < 4.78 is 7.52. The number of carbonyl (C=O) groups excluding carboxylic acids is 2. The van der Waals surface area contributed by atoms with Crippen LogP contribution in [0.15, 0.2) is 18.2 Å². The van der Waals surface area contributed by atoms with E-state index in [1.807, 2.05) is 36.7 Å². The van der Waals surface area contributed by atoms with Crippen LogP contribution in [-0.2, 0) is 23.1 Å². The molecule has 8 heteroatoms. The second kappa shape index (κ2) is 7.33. The first-order chi connectivity index (χ1) is 12.4. The number of likely N-dealkylation sites (N-methyl/N-ethyl adjacent to an activating group) is 1. The number of fused-ring (bicyclic) bond motifs is 1. The minimum Gasteiger partial charge on any atom is -0.365 e. The molecule has 3 amide bonds. The highest BCUT2D eigenvalue weighted by Crippen LogP contribution is 2.16. The largest absolute Gasteiger partial charge is 0.365 e. The summed E-state index contributed by atoms with van der Waals surface area (Å²) in [5.41, 5.74) is 2.97. The highest BCUT2D eigenvalue weighted by atomic mass is 16.5. The molecule has 0 spiro atoms. The number of amides is 3. The van der Waals surface area contributed by atoms with Crippen LogP contribution in [-0.4, -0.2) is 71.2 Å². The maximum Gasteiger partial charge on any atom is 0.317 e. The normalized spacial score (nSPS) is 17.4. The van der Waals surface area contributed by atoms with Gasteiger partial charge in [0.05, 0.1) is 24.2 Å². The molecule has 0 bridgehead atoms. The van der Waals surface area contributed by atoms with Crippen LogP contribution in [0.3, 0.4) is 0 Å². The fraction of sp³-hybridized carbons (Fsp3) is 0.500. The molecule has 1 aromatic carbocycles. The number of rotatable bonds is 3. The van der Waals surface area contributed by atoms with Gasteiger partial charge in [-0.2, -0.15) is 0 Å². The Labute approximate surface area is 152 Å². The van der Waals surface area contributed by atoms with E-state index >= 15 is 0 Å². The van der Waals surface area contributed by atoms with Crippen molar-refractivity contribution in [3.05, 3.63) is 29.6 Å². The maximum absolute atomic E-state index is 12.4. The summed E-state index contributed by atoms with van der Waals surface area (Å²) >= 11 is 0. The van der Waals surface area contributed by atoms with Gasteiger partial charge in [0, 0.05) is 34.2 Å². The second-order valence-electron chi connectivity index (χ2n) is 6.74. The number of nitrogens with one attached hydrogen (secondary N) is 1. The number of morpholine rings is 1. The Morgan fingerprint density at radius 2 is 2.15 bits per heavy atom. The highest BCUT2D eigenvalue weighted by molar-refractivity contribution is 5.82. The van der Waals surface area contributed by atoms with Crippen molar-refractivity contribution in [2.75, 3.05) is 33.8 Å². The molecule has 0 aliphatic carbocycles. The summed E-state index contributed by atoms with van der Waals surface area (Å²) in [5, 5.41) is 2.92. The molecule has 1 fully saturated rings. The van der Waals surface area contributed by atoms with Gasteiger partial charge in [-0.1, -0.05) is 6.07 Å². The summed E-state index contributed by atoms with van der Waals surface area (Å²) in [7, 11) is 5.34. The van der Waals surface area contributed by atoms with Crippen molar-refractivity contribution >= 4 is 23.0 Å². The standard InChI is InChI=1S/C18H25N5O3/c1-12-20-14-9-13(5-6-15(14)22(12)4)10-19-18(25)23-7-8-26-16(11-23)17(24)21(2)3/h5-6,9,16H,7-8,10-11H2,1-4H3,(H,19,25)/t16-/m1/s1. The monoisotopic (exact) mass is 359 g/mol. The molecule has 2 heterocycles. The SMILES string of the molecule is Cc1nc2cc(CNC(=O)N3CCO[C@@H](C(=O)N(C)C)C3)ccc2n1C. The predicted molar refractivity (Wildman–Crippen MR) is 97.7 cm³/mol. The maximum atomic E-state index is 12.4. The molecule has 8 nitrogen and oxygen atoms in total. The molecule has 3 rings (SSSR count). The minimum absolute atomic E-state index is 0.126. The zero-order valence-corrected chi connectivity index (χ0v) is 15.7.